The maximum atomic E-state index is 10.4. The van der Waals surface area contributed by atoms with Gasteiger partial charge in [0.1, 0.15) is 6.29 Å². The Kier molecular flexibility index (Phi) is 4.73. The highest BCUT2D eigenvalue weighted by Crippen LogP contribution is 2.20. The van der Waals surface area contributed by atoms with E-state index in [-0.39, 0.29) is 4.75 Å². The minimum Gasteiger partial charge on any atom is -0.384 e. The quantitative estimate of drug-likeness (QED) is 0.451. The minimum atomic E-state index is -0.251. The van der Waals surface area contributed by atoms with Crippen molar-refractivity contribution in [2.45, 2.75) is 18.6 Å². The number of ether oxygens (including phenoxy) is 1. The summed E-state index contributed by atoms with van der Waals surface area (Å²) in [6.45, 7) is 4.52. The highest BCUT2D eigenvalue weighted by Gasteiger charge is 2.15. The average molecular weight is 162 g/mol. The third kappa shape index (κ3) is 4.82. The van der Waals surface area contributed by atoms with Gasteiger partial charge >= 0.3 is 0 Å². The Morgan fingerprint density at radius 1 is 1.60 bits per heavy atom. The smallest absolute Gasteiger partial charge is 0.135 e. The zero-order valence-corrected chi connectivity index (χ0v) is 7.53. The first-order chi connectivity index (χ1) is 4.62. The van der Waals surface area contributed by atoms with Gasteiger partial charge in [0.15, 0.2) is 0 Å². The third-order valence-electron chi connectivity index (χ3n) is 1.05. The molecule has 0 aromatic carbocycles. The molecule has 0 amide bonds. The summed E-state index contributed by atoms with van der Waals surface area (Å²) in [4.78, 5) is 10.4. The topological polar surface area (TPSA) is 26.3 Å². The molecule has 0 aliphatic heterocycles. The maximum absolute atomic E-state index is 10.4. The Morgan fingerprint density at radius 2 is 2.20 bits per heavy atom. The van der Waals surface area contributed by atoms with Crippen molar-refractivity contribution in [1.82, 2.24) is 0 Å². The van der Waals surface area contributed by atoms with Gasteiger partial charge in [-0.25, -0.2) is 0 Å². The third-order valence-corrected chi connectivity index (χ3v) is 2.26. The summed E-state index contributed by atoms with van der Waals surface area (Å²) in [5, 5.41) is 0. The number of aldehydes is 1. The molecule has 0 fully saturated rings. The lowest BCUT2D eigenvalue weighted by molar-refractivity contribution is -0.109. The van der Waals surface area contributed by atoms with E-state index in [9.17, 15) is 4.79 Å². The van der Waals surface area contributed by atoms with Crippen LogP contribution in [0.25, 0.3) is 0 Å². The van der Waals surface area contributed by atoms with E-state index in [1.807, 2.05) is 13.8 Å². The molecule has 0 saturated carbocycles. The Balaban J connectivity index is 3.37. The Bertz CT molecular complexity index is 102. The highest BCUT2D eigenvalue weighted by atomic mass is 32.2. The van der Waals surface area contributed by atoms with Crippen molar-refractivity contribution in [1.29, 1.82) is 0 Å². The second kappa shape index (κ2) is 4.74. The lowest BCUT2D eigenvalue weighted by Gasteiger charge is -2.14. The summed E-state index contributed by atoms with van der Waals surface area (Å²) >= 11 is 1.61. The fraction of sp³-hybridized carbons (Fsp3) is 0.857. The van der Waals surface area contributed by atoms with Crippen molar-refractivity contribution in [3.8, 4) is 0 Å². The van der Waals surface area contributed by atoms with E-state index >= 15 is 0 Å². The van der Waals surface area contributed by atoms with Crippen LogP contribution in [0.2, 0.25) is 0 Å². The van der Waals surface area contributed by atoms with E-state index in [0.717, 1.165) is 12.0 Å². The van der Waals surface area contributed by atoms with E-state index in [0.29, 0.717) is 6.61 Å². The van der Waals surface area contributed by atoms with E-state index in [2.05, 4.69) is 0 Å². The predicted octanol–water partition coefficient (Wildman–Crippen LogP) is 1.34. The average Bonchev–Trinajstić information content (AvgIpc) is 1.89. The summed E-state index contributed by atoms with van der Waals surface area (Å²) in [5.74, 6) is 0.877. The van der Waals surface area contributed by atoms with Gasteiger partial charge in [0.25, 0.3) is 0 Å². The van der Waals surface area contributed by atoms with Crippen molar-refractivity contribution in [2.24, 2.45) is 0 Å². The van der Waals surface area contributed by atoms with Crippen molar-refractivity contribution in [2.75, 3.05) is 19.5 Å². The van der Waals surface area contributed by atoms with Crippen molar-refractivity contribution >= 4 is 18.0 Å². The second-order valence-corrected chi connectivity index (χ2v) is 4.31. The standard InChI is InChI=1S/C7H14O2S/c1-7(2,6-8)10-5-4-9-3/h6H,4-5H2,1-3H3. The van der Waals surface area contributed by atoms with Crippen LogP contribution in [-0.4, -0.2) is 30.5 Å². The summed E-state index contributed by atoms with van der Waals surface area (Å²) < 4.78 is 4.59. The monoisotopic (exact) mass is 162 g/mol. The fourth-order valence-corrected chi connectivity index (χ4v) is 1.27. The number of carbonyl (C=O) groups is 1. The van der Waals surface area contributed by atoms with Crippen LogP contribution in [0.1, 0.15) is 13.8 Å². The molecular formula is C7H14O2S. The first-order valence-corrected chi connectivity index (χ1v) is 4.20. The van der Waals surface area contributed by atoms with Gasteiger partial charge in [-0.2, -0.15) is 0 Å². The Labute approximate surface area is 66.3 Å². The molecule has 0 atom stereocenters. The van der Waals surface area contributed by atoms with Crippen LogP contribution in [0.5, 0.6) is 0 Å². The first-order valence-electron chi connectivity index (χ1n) is 3.21. The molecule has 0 aliphatic carbocycles. The molecule has 0 spiro atoms. The number of carbonyl (C=O) groups excluding carboxylic acids is 1. The van der Waals surface area contributed by atoms with Crippen LogP contribution in [0.15, 0.2) is 0 Å². The number of thioether (sulfide) groups is 1. The van der Waals surface area contributed by atoms with Gasteiger partial charge < -0.3 is 9.53 Å². The van der Waals surface area contributed by atoms with Crippen molar-refractivity contribution in [3.63, 3.8) is 0 Å². The van der Waals surface area contributed by atoms with Gasteiger partial charge in [0, 0.05) is 12.9 Å². The molecule has 0 aromatic rings. The molecule has 0 rings (SSSR count). The predicted molar refractivity (Wildman–Crippen MR) is 44.5 cm³/mol. The largest absolute Gasteiger partial charge is 0.384 e. The second-order valence-electron chi connectivity index (χ2n) is 2.56. The van der Waals surface area contributed by atoms with Gasteiger partial charge in [-0.05, 0) is 13.8 Å². The number of hydrogen-bond donors (Lipinski definition) is 0. The molecule has 3 heteroatoms. The number of rotatable bonds is 5. The Hall–Kier alpha value is -0.0200. The van der Waals surface area contributed by atoms with E-state index in [4.69, 9.17) is 4.74 Å². The number of methoxy groups -OCH3 is 1. The first kappa shape index (κ1) is 9.98. The molecule has 0 radical (unpaired) electrons. The van der Waals surface area contributed by atoms with Crippen LogP contribution in [0.4, 0.5) is 0 Å². The lowest BCUT2D eigenvalue weighted by Crippen LogP contribution is -2.17. The maximum Gasteiger partial charge on any atom is 0.135 e. The van der Waals surface area contributed by atoms with E-state index in [1.54, 1.807) is 18.9 Å². The molecule has 0 aromatic heterocycles. The van der Waals surface area contributed by atoms with Crippen molar-refractivity contribution in [3.05, 3.63) is 0 Å². The zero-order valence-electron chi connectivity index (χ0n) is 6.72. The van der Waals surface area contributed by atoms with E-state index in [1.165, 1.54) is 0 Å². The molecule has 2 nitrogen and oxygen atoms in total. The lowest BCUT2D eigenvalue weighted by atomic mass is 10.2. The van der Waals surface area contributed by atoms with Crippen LogP contribution in [0.3, 0.4) is 0 Å². The SMILES string of the molecule is COCCSC(C)(C)C=O. The molecule has 0 heterocycles. The summed E-state index contributed by atoms with van der Waals surface area (Å²) in [7, 11) is 1.66. The summed E-state index contributed by atoms with van der Waals surface area (Å²) in [6, 6.07) is 0. The van der Waals surface area contributed by atoms with Gasteiger partial charge in [-0.15, -0.1) is 11.8 Å². The zero-order chi connectivity index (χ0) is 8.04. The summed E-state index contributed by atoms with van der Waals surface area (Å²) in [5.41, 5.74) is 0. The molecule has 0 bridgehead atoms. The number of hydrogen-bond acceptors (Lipinski definition) is 3. The minimum absolute atomic E-state index is 0.251. The molecule has 60 valence electrons. The molecule has 10 heavy (non-hydrogen) atoms. The van der Waals surface area contributed by atoms with Crippen LogP contribution in [0, 0.1) is 0 Å². The molecular weight excluding hydrogens is 148 g/mol. The summed E-state index contributed by atoms with van der Waals surface area (Å²) in [6.07, 6.45) is 0.966. The van der Waals surface area contributed by atoms with Gasteiger partial charge in [0.2, 0.25) is 0 Å². The molecule has 0 unspecified atom stereocenters. The molecule has 0 saturated heterocycles. The van der Waals surface area contributed by atoms with Gasteiger partial charge in [-0.1, -0.05) is 0 Å². The van der Waals surface area contributed by atoms with E-state index < -0.39 is 0 Å². The normalized spacial score (nSPS) is 11.5. The Morgan fingerprint density at radius 3 is 2.60 bits per heavy atom. The molecule has 0 N–H and O–H groups in total. The van der Waals surface area contributed by atoms with Gasteiger partial charge in [-0.3, -0.25) is 0 Å². The van der Waals surface area contributed by atoms with Gasteiger partial charge in [0.05, 0.1) is 11.4 Å². The molecule has 0 aliphatic rings. The van der Waals surface area contributed by atoms with Crippen molar-refractivity contribution < 1.29 is 9.53 Å². The van der Waals surface area contributed by atoms with Crippen LogP contribution in [-0.2, 0) is 9.53 Å². The highest BCUT2D eigenvalue weighted by molar-refractivity contribution is 8.01. The fourth-order valence-electron chi connectivity index (χ4n) is 0.422. The van der Waals surface area contributed by atoms with Crippen LogP contribution < -0.4 is 0 Å². The van der Waals surface area contributed by atoms with Crippen LogP contribution >= 0.6 is 11.8 Å².